The predicted molar refractivity (Wildman–Crippen MR) is 78.5 cm³/mol. The van der Waals surface area contributed by atoms with Crippen LogP contribution in [0.3, 0.4) is 0 Å². The van der Waals surface area contributed by atoms with Gasteiger partial charge in [0.15, 0.2) is 0 Å². The number of rotatable bonds is 5. The zero-order chi connectivity index (χ0) is 13.6. The molecule has 0 spiro atoms. The van der Waals surface area contributed by atoms with Gasteiger partial charge in [-0.2, -0.15) is 5.10 Å². The second-order valence-corrected chi connectivity index (χ2v) is 6.63. The van der Waals surface area contributed by atoms with E-state index in [2.05, 4.69) is 29.1 Å². The first kappa shape index (κ1) is 13.4. The van der Waals surface area contributed by atoms with E-state index in [1.54, 1.807) is 0 Å². The molecule has 0 amide bonds. The summed E-state index contributed by atoms with van der Waals surface area (Å²) in [5, 5.41) is 8.91. The topological polar surface area (TPSA) is 29.9 Å². The van der Waals surface area contributed by atoms with Crippen LogP contribution in [0.5, 0.6) is 0 Å². The zero-order valence-electron chi connectivity index (χ0n) is 12.1. The van der Waals surface area contributed by atoms with E-state index in [9.17, 15) is 0 Å². The third-order valence-corrected chi connectivity index (χ3v) is 5.58. The smallest absolute Gasteiger partial charge is 0.0847 e. The molecule has 19 heavy (non-hydrogen) atoms. The minimum Gasteiger partial charge on any atom is -0.316 e. The van der Waals surface area contributed by atoms with Crippen molar-refractivity contribution in [1.82, 2.24) is 15.1 Å². The summed E-state index contributed by atoms with van der Waals surface area (Å²) in [6.07, 6.45) is 5.31. The van der Waals surface area contributed by atoms with Gasteiger partial charge < -0.3 is 5.32 Å². The van der Waals surface area contributed by atoms with Gasteiger partial charge in [-0.25, -0.2) is 0 Å². The van der Waals surface area contributed by atoms with Crippen LogP contribution >= 0.6 is 11.6 Å². The molecule has 0 saturated heterocycles. The molecule has 0 aromatic carbocycles. The van der Waals surface area contributed by atoms with Gasteiger partial charge in [-0.1, -0.05) is 11.6 Å². The summed E-state index contributed by atoms with van der Waals surface area (Å²) in [5.41, 5.74) is 2.17. The Bertz CT molecular complexity index is 458. The number of aromatic nitrogens is 2. The van der Waals surface area contributed by atoms with Crippen LogP contribution in [0.25, 0.3) is 0 Å². The SMILES string of the molecule is CCn1nc(C)c(Cl)c1CC(NC)C1CC2CC2C1. The predicted octanol–water partition coefficient (Wildman–Crippen LogP) is 3.04. The summed E-state index contributed by atoms with van der Waals surface area (Å²) in [6, 6.07) is 0.548. The van der Waals surface area contributed by atoms with Crippen molar-refractivity contribution in [1.29, 1.82) is 0 Å². The molecule has 0 aliphatic heterocycles. The summed E-state index contributed by atoms with van der Waals surface area (Å²) in [5.74, 6) is 2.90. The Hall–Kier alpha value is -0.540. The summed E-state index contributed by atoms with van der Waals surface area (Å²) in [4.78, 5) is 0. The molecule has 3 rings (SSSR count). The first-order valence-electron chi connectivity index (χ1n) is 7.53. The molecular weight excluding hydrogens is 258 g/mol. The lowest BCUT2D eigenvalue weighted by molar-refractivity contribution is 0.343. The molecule has 106 valence electrons. The average Bonchev–Trinajstić information content (AvgIpc) is 2.92. The molecule has 3 unspecified atom stereocenters. The van der Waals surface area contributed by atoms with Crippen molar-refractivity contribution in [3.05, 3.63) is 16.4 Å². The molecule has 4 heteroatoms. The third-order valence-electron chi connectivity index (χ3n) is 5.09. The van der Waals surface area contributed by atoms with Gasteiger partial charge in [-0.3, -0.25) is 4.68 Å². The van der Waals surface area contributed by atoms with Gasteiger partial charge in [-0.15, -0.1) is 0 Å². The molecule has 2 aliphatic carbocycles. The number of hydrogen-bond donors (Lipinski definition) is 1. The molecule has 2 saturated carbocycles. The summed E-state index contributed by atoms with van der Waals surface area (Å²) in [6.45, 7) is 5.03. The molecule has 0 radical (unpaired) electrons. The maximum absolute atomic E-state index is 6.43. The first-order chi connectivity index (χ1) is 9.13. The molecule has 3 atom stereocenters. The van der Waals surface area contributed by atoms with Gasteiger partial charge in [-0.05, 0) is 57.9 Å². The second kappa shape index (κ2) is 5.10. The normalized spacial score (nSPS) is 30.4. The Balaban J connectivity index is 1.75. The van der Waals surface area contributed by atoms with Crippen molar-refractivity contribution >= 4 is 11.6 Å². The molecule has 1 aromatic rings. The fourth-order valence-electron chi connectivity index (χ4n) is 3.87. The number of nitrogens with zero attached hydrogens (tertiary/aromatic N) is 2. The Morgan fingerprint density at radius 2 is 2.05 bits per heavy atom. The molecule has 3 nitrogen and oxygen atoms in total. The summed E-state index contributed by atoms with van der Waals surface area (Å²) < 4.78 is 2.07. The van der Waals surface area contributed by atoms with Gasteiger partial charge in [0.2, 0.25) is 0 Å². The van der Waals surface area contributed by atoms with E-state index in [0.29, 0.717) is 6.04 Å². The highest BCUT2D eigenvalue weighted by Crippen LogP contribution is 2.55. The maximum atomic E-state index is 6.43. The molecule has 1 heterocycles. The summed E-state index contributed by atoms with van der Waals surface area (Å²) in [7, 11) is 2.09. The van der Waals surface area contributed by atoms with Crippen LogP contribution < -0.4 is 5.32 Å². The fourth-order valence-corrected chi connectivity index (χ4v) is 4.08. The van der Waals surface area contributed by atoms with E-state index in [1.165, 1.54) is 25.0 Å². The fraction of sp³-hybridized carbons (Fsp3) is 0.800. The van der Waals surface area contributed by atoms with Crippen LogP contribution in [0, 0.1) is 24.7 Å². The van der Waals surface area contributed by atoms with E-state index >= 15 is 0 Å². The highest BCUT2D eigenvalue weighted by Gasteiger charge is 2.47. The van der Waals surface area contributed by atoms with Crippen LogP contribution in [0.2, 0.25) is 5.02 Å². The van der Waals surface area contributed by atoms with Crippen molar-refractivity contribution in [2.45, 2.75) is 52.1 Å². The van der Waals surface area contributed by atoms with E-state index in [-0.39, 0.29) is 0 Å². The van der Waals surface area contributed by atoms with Gasteiger partial charge >= 0.3 is 0 Å². The minimum absolute atomic E-state index is 0.548. The standard InChI is InChI=1S/C15H24ClN3/c1-4-19-14(15(16)9(2)18-19)8-13(17-3)12-6-10-5-11(10)7-12/h10-13,17H,4-8H2,1-3H3. The lowest BCUT2D eigenvalue weighted by atomic mass is 9.91. The van der Waals surface area contributed by atoms with Crippen molar-refractivity contribution in [2.24, 2.45) is 17.8 Å². The van der Waals surface area contributed by atoms with Gasteiger partial charge in [0.25, 0.3) is 0 Å². The summed E-state index contributed by atoms with van der Waals surface area (Å²) >= 11 is 6.43. The van der Waals surface area contributed by atoms with E-state index < -0.39 is 0 Å². The van der Waals surface area contributed by atoms with Crippen molar-refractivity contribution < 1.29 is 0 Å². The van der Waals surface area contributed by atoms with Crippen LogP contribution in [0.4, 0.5) is 0 Å². The lowest BCUT2D eigenvalue weighted by Crippen LogP contribution is -2.35. The molecule has 1 aromatic heterocycles. The first-order valence-corrected chi connectivity index (χ1v) is 7.90. The van der Waals surface area contributed by atoms with E-state index in [1.807, 2.05) is 6.92 Å². The number of fused-ring (bicyclic) bond motifs is 1. The average molecular weight is 282 g/mol. The Morgan fingerprint density at radius 1 is 1.37 bits per heavy atom. The minimum atomic E-state index is 0.548. The molecule has 1 N–H and O–H groups in total. The Morgan fingerprint density at radius 3 is 2.63 bits per heavy atom. The van der Waals surface area contributed by atoms with Crippen LogP contribution in [-0.4, -0.2) is 22.9 Å². The van der Waals surface area contributed by atoms with E-state index in [0.717, 1.165) is 41.4 Å². The highest BCUT2D eigenvalue weighted by atomic mass is 35.5. The van der Waals surface area contributed by atoms with Gasteiger partial charge in [0.05, 0.1) is 16.4 Å². The van der Waals surface area contributed by atoms with Gasteiger partial charge in [0.1, 0.15) is 0 Å². The third kappa shape index (κ3) is 2.43. The second-order valence-electron chi connectivity index (χ2n) is 6.25. The van der Waals surface area contributed by atoms with Crippen LogP contribution in [0.15, 0.2) is 0 Å². The molecule has 2 fully saturated rings. The highest BCUT2D eigenvalue weighted by molar-refractivity contribution is 6.31. The number of hydrogen-bond acceptors (Lipinski definition) is 2. The number of halogens is 1. The zero-order valence-corrected chi connectivity index (χ0v) is 12.9. The number of aryl methyl sites for hydroxylation is 2. The number of likely N-dealkylation sites (N-methyl/N-ethyl adjacent to an activating group) is 1. The van der Waals surface area contributed by atoms with Crippen LogP contribution in [-0.2, 0) is 13.0 Å². The molecule has 0 bridgehead atoms. The van der Waals surface area contributed by atoms with Crippen molar-refractivity contribution in [3.8, 4) is 0 Å². The Kier molecular flexibility index (Phi) is 3.61. The van der Waals surface area contributed by atoms with Crippen molar-refractivity contribution in [2.75, 3.05) is 7.05 Å². The maximum Gasteiger partial charge on any atom is 0.0847 e. The van der Waals surface area contributed by atoms with Crippen LogP contribution in [0.1, 0.15) is 37.6 Å². The largest absolute Gasteiger partial charge is 0.316 e. The molecular formula is C15H24ClN3. The van der Waals surface area contributed by atoms with Gasteiger partial charge in [0, 0.05) is 19.0 Å². The number of nitrogens with one attached hydrogen (secondary N) is 1. The molecule has 2 aliphatic rings. The quantitative estimate of drug-likeness (QED) is 0.899. The Labute approximate surface area is 120 Å². The van der Waals surface area contributed by atoms with Crippen molar-refractivity contribution in [3.63, 3.8) is 0 Å². The monoisotopic (exact) mass is 281 g/mol. The lowest BCUT2D eigenvalue weighted by Gasteiger charge is -2.24. The van der Waals surface area contributed by atoms with E-state index in [4.69, 9.17) is 11.6 Å².